The number of hydrogen-bond donors (Lipinski definition) is 0. The first-order chi connectivity index (χ1) is 16.3. The van der Waals surface area contributed by atoms with Crippen LogP contribution in [0, 0.1) is 0 Å². The molecule has 0 saturated carbocycles. The SMILES string of the molecule is c1cc2c3c(cccc3c1)C1C2C2(c3ccncc3)N=C3c4cccc5cccc(c45)C31O2. The minimum Gasteiger partial charge on any atom is -0.331 e. The third kappa shape index (κ3) is 1.62. The molecule has 0 radical (unpaired) electrons. The molecular weight excluding hydrogens is 404 g/mol. The summed E-state index contributed by atoms with van der Waals surface area (Å²) in [7, 11) is 0. The van der Waals surface area contributed by atoms with Crippen molar-refractivity contribution in [2.24, 2.45) is 4.99 Å². The molecule has 2 bridgehead atoms. The van der Waals surface area contributed by atoms with E-state index in [1.54, 1.807) is 0 Å². The van der Waals surface area contributed by atoms with Crippen molar-refractivity contribution in [2.45, 2.75) is 23.2 Å². The standard InChI is InChI=1S/C30H18N2O/c1-5-17-6-2-10-21-24(17)20(9-1)26-27(21)30(19-13-15-31-16-14-19)32-28-22-11-3-7-18-8-4-12-23(25(18)22)29(26,28)33-30/h1-16,26-27H. The maximum absolute atomic E-state index is 7.35. The molecule has 4 atom stereocenters. The molecule has 33 heavy (non-hydrogen) atoms. The highest BCUT2D eigenvalue weighted by Crippen LogP contribution is 2.75. The summed E-state index contributed by atoms with van der Waals surface area (Å²) in [6.07, 6.45) is 3.72. The number of benzene rings is 4. The van der Waals surface area contributed by atoms with E-state index in [0.29, 0.717) is 0 Å². The van der Waals surface area contributed by atoms with E-state index in [1.807, 2.05) is 12.4 Å². The average molecular weight is 422 g/mol. The maximum atomic E-state index is 7.35. The predicted molar refractivity (Wildman–Crippen MR) is 129 cm³/mol. The molecule has 2 aliphatic heterocycles. The van der Waals surface area contributed by atoms with Crippen LogP contribution in [0.1, 0.15) is 39.7 Å². The van der Waals surface area contributed by atoms with Gasteiger partial charge in [-0.25, -0.2) is 4.99 Å². The van der Waals surface area contributed by atoms with E-state index in [2.05, 4.69) is 89.9 Å². The molecule has 3 nitrogen and oxygen atoms in total. The highest BCUT2D eigenvalue weighted by atomic mass is 16.6. The molecule has 2 aliphatic carbocycles. The number of hydrogen-bond acceptors (Lipinski definition) is 3. The fourth-order valence-electron chi connectivity index (χ4n) is 7.43. The topological polar surface area (TPSA) is 34.5 Å². The van der Waals surface area contributed by atoms with Crippen LogP contribution in [0.2, 0.25) is 0 Å². The van der Waals surface area contributed by atoms with Crippen LogP contribution in [-0.4, -0.2) is 10.7 Å². The van der Waals surface area contributed by atoms with Gasteiger partial charge in [0.1, 0.15) is 5.60 Å². The number of nitrogens with zero attached hydrogens (tertiary/aromatic N) is 2. The lowest BCUT2D eigenvalue weighted by molar-refractivity contribution is -0.0561. The van der Waals surface area contributed by atoms with Crippen molar-refractivity contribution in [3.63, 3.8) is 0 Å². The number of fused-ring (bicyclic) bond motifs is 6. The lowest BCUT2D eigenvalue weighted by atomic mass is 9.69. The molecule has 1 aromatic heterocycles. The fourth-order valence-corrected chi connectivity index (χ4v) is 7.43. The summed E-state index contributed by atoms with van der Waals surface area (Å²) in [5.41, 5.74) is 6.08. The Labute approximate surface area is 190 Å². The molecule has 0 amide bonds. The number of aromatic nitrogens is 1. The summed E-state index contributed by atoms with van der Waals surface area (Å²) < 4.78 is 7.35. The van der Waals surface area contributed by atoms with Crippen LogP contribution in [0.3, 0.4) is 0 Å². The summed E-state index contributed by atoms with van der Waals surface area (Å²) in [4.78, 5) is 9.82. The largest absolute Gasteiger partial charge is 0.331 e. The van der Waals surface area contributed by atoms with Gasteiger partial charge in [0.15, 0.2) is 5.72 Å². The molecular formula is C30H18N2O. The van der Waals surface area contributed by atoms with Crippen LogP contribution in [0.15, 0.2) is 102 Å². The number of aliphatic imine (C=N–C) groups is 1. The van der Waals surface area contributed by atoms with E-state index in [1.165, 1.54) is 43.8 Å². The minimum absolute atomic E-state index is 0.120. The van der Waals surface area contributed by atoms with Crippen LogP contribution in [0.4, 0.5) is 0 Å². The van der Waals surface area contributed by atoms with Crippen molar-refractivity contribution < 1.29 is 4.74 Å². The molecule has 4 unspecified atom stereocenters. The van der Waals surface area contributed by atoms with Gasteiger partial charge < -0.3 is 4.74 Å². The highest BCUT2D eigenvalue weighted by Gasteiger charge is 2.74. The Balaban J connectivity index is 1.47. The van der Waals surface area contributed by atoms with Gasteiger partial charge in [-0.05, 0) is 50.4 Å². The van der Waals surface area contributed by atoms with Crippen molar-refractivity contribution in [3.8, 4) is 0 Å². The maximum Gasteiger partial charge on any atom is 0.194 e. The Morgan fingerprint density at radius 2 is 1.33 bits per heavy atom. The summed E-state index contributed by atoms with van der Waals surface area (Å²) in [5, 5.41) is 5.24. The second-order valence-electron chi connectivity index (χ2n) is 9.69. The van der Waals surface area contributed by atoms with Gasteiger partial charge in [-0.1, -0.05) is 72.8 Å². The van der Waals surface area contributed by atoms with Crippen molar-refractivity contribution in [1.29, 1.82) is 0 Å². The lowest BCUT2D eigenvalue weighted by Gasteiger charge is -2.33. The molecule has 0 N–H and O–H groups in total. The Morgan fingerprint density at radius 1 is 0.667 bits per heavy atom. The van der Waals surface area contributed by atoms with Crippen molar-refractivity contribution in [3.05, 3.63) is 125 Å². The Hall–Kier alpha value is -3.82. The average Bonchev–Trinajstić information content (AvgIpc) is 3.57. The van der Waals surface area contributed by atoms with Crippen LogP contribution in [0.5, 0.6) is 0 Å². The van der Waals surface area contributed by atoms with Crippen molar-refractivity contribution in [2.75, 3.05) is 0 Å². The van der Waals surface area contributed by atoms with Gasteiger partial charge in [0.25, 0.3) is 0 Å². The number of rotatable bonds is 1. The minimum atomic E-state index is -0.758. The van der Waals surface area contributed by atoms with Crippen LogP contribution in [-0.2, 0) is 16.1 Å². The van der Waals surface area contributed by atoms with Gasteiger partial charge in [-0.3, -0.25) is 4.98 Å². The van der Waals surface area contributed by atoms with E-state index >= 15 is 0 Å². The molecule has 3 heterocycles. The summed E-state index contributed by atoms with van der Waals surface area (Å²) in [6.45, 7) is 0. The van der Waals surface area contributed by atoms with E-state index in [-0.39, 0.29) is 11.8 Å². The molecule has 1 saturated heterocycles. The van der Waals surface area contributed by atoms with Gasteiger partial charge in [-0.15, -0.1) is 0 Å². The Morgan fingerprint density at radius 3 is 2.12 bits per heavy atom. The van der Waals surface area contributed by atoms with Crippen molar-refractivity contribution >= 4 is 27.3 Å². The van der Waals surface area contributed by atoms with E-state index in [4.69, 9.17) is 9.73 Å². The van der Waals surface area contributed by atoms with Gasteiger partial charge in [0.05, 0.1) is 5.71 Å². The first kappa shape index (κ1) is 16.8. The second-order valence-corrected chi connectivity index (χ2v) is 9.69. The van der Waals surface area contributed by atoms with Gasteiger partial charge in [0.2, 0.25) is 0 Å². The van der Waals surface area contributed by atoms with Gasteiger partial charge in [0, 0.05) is 35.4 Å². The zero-order valence-electron chi connectivity index (χ0n) is 17.7. The number of pyridine rings is 1. The third-order valence-electron chi connectivity index (χ3n) is 8.43. The third-order valence-corrected chi connectivity index (χ3v) is 8.43. The first-order valence-electron chi connectivity index (χ1n) is 11.6. The lowest BCUT2D eigenvalue weighted by Crippen LogP contribution is -2.37. The predicted octanol–water partition coefficient (Wildman–Crippen LogP) is 6.16. The molecule has 4 aromatic carbocycles. The highest BCUT2D eigenvalue weighted by molar-refractivity contribution is 6.24. The molecule has 4 aliphatic rings. The fraction of sp³-hybridized carbons (Fsp3) is 0.133. The molecule has 154 valence electrons. The van der Waals surface area contributed by atoms with E-state index < -0.39 is 11.3 Å². The van der Waals surface area contributed by atoms with Gasteiger partial charge in [-0.2, -0.15) is 0 Å². The summed E-state index contributed by atoms with van der Waals surface area (Å²) in [6, 6.07) is 30.8. The van der Waals surface area contributed by atoms with Gasteiger partial charge >= 0.3 is 0 Å². The van der Waals surface area contributed by atoms with E-state index in [0.717, 1.165) is 11.3 Å². The molecule has 1 spiro atoms. The smallest absolute Gasteiger partial charge is 0.194 e. The first-order valence-corrected chi connectivity index (χ1v) is 11.6. The number of ether oxygens (including phenoxy) is 1. The molecule has 5 aromatic rings. The molecule has 1 fully saturated rings. The van der Waals surface area contributed by atoms with Crippen LogP contribution >= 0.6 is 0 Å². The Bertz CT molecular complexity index is 1710. The quantitative estimate of drug-likeness (QED) is 0.324. The van der Waals surface area contributed by atoms with E-state index in [9.17, 15) is 0 Å². The monoisotopic (exact) mass is 422 g/mol. The summed E-state index contributed by atoms with van der Waals surface area (Å²) in [5.74, 6) is 0.298. The normalized spacial score (nSPS) is 29.5. The van der Waals surface area contributed by atoms with Crippen LogP contribution < -0.4 is 0 Å². The second kappa shape index (κ2) is 5.22. The zero-order valence-corrected chi connectivity index (χ0v) is 17.7. The van der Waals surface area contributed by atoms with Crippen molar-refractivity contribution in [1.82, 2.24) is 4.98 Å². The molecule has 3 heteroatoms. The molecule has 9 rings (SSSR count). The zero-order chi connectivity index (χ0) is 21.4. The Kier molecular flexibility index (Phi) is 2.65. The summed E-state index contributed by atoms with van der Waals surface area (Å²) >= 11 is 0. The van der Waals surface area contributed by atoms with Crippen LogP contribution in [0.25, 0.3) is 21.5 Å².